The highest BCUT2D eigenvalue weighted by Crippen LogP contribution is 2.49. The quantitative estimate of drug-likeness (QED) is 0.833. The van der Waals surface area contributed by atoms with E-state index in [9.17, 15) is 0 Å². The van der Waals surface area contributed by atoms with E-state index < -0.39 is 0 Å². The van der Waals surface area contributed by atoms with Gasteiger partial charge in [-0.05, 0) is 42.7 Å². The number of hydrogen-bond acceptors (Lipinski definition) is 1. The molecule has 1 aromatic rings. The van der Waals surface area contributed by atoms with Gasteiger partial charge in [-0.2, -0.15) is 0 Å². The van der Waals surface area contributed by atoms with Gasteiger partial charge in [-0.25, -0.2) is 0 Å². The molecule has 1 N–H and O–H groups in total. The van der Waals surface area contributed by atoms with E-state index in [1.54, 1.807) is 0 Å². The van der Waals surface area contributed by atoms with Crippen LogP contribution in [0.25, 0.3) is 0 Å². The van der Waals surface area contributed by atoms with Crippen molar-refractivity contribution in [3.05, 3.63) is 35.9 Å². The van der Waals surface area contributed by atoms with Crippen molar-refractivity contribution in [3.8, 4) is 0 Å². The highest BCUT2D eigenvalue weighted by molar-refractivity contribution is 5.18. The van der Waals surface area contributed by atoms with Crippen molar-refractivity contribution < 1.29 is 0 Å². The van der Waals surface area contributed by atoms with Gasteiger partial charge in [0, 0.05) is 6.04 Å². The Labute approximate surface area is 111 Å². The first-order valence-electron chi connectivity index (χ1n) is 7.58. The van der Waals surface area contributed by atoms with Crippen molar-refractivity contribution in [3.63, 3.8) is 0 Å². The average Bonchev–Trinajstić information content (AvgIpc) is 2.79. The zero-order valence-corrected chi connectivity index (χ0v) is 11.5. The van der Waals surface area contributed by atoms with Gasteiger partial charge in [0.05, 0.1) is 0 Å². The lowest BCUT2D eigenvalue weighted by Gasteiger charge is -2.44. The second-order valence-electron chi connectivity index (χ2n) is 6.33. The third-order valence-corrected chi connectivity index (χ3v) is 5.47. The van der Waals surface area contributed by atoms with Crippen LogP contribution in [0.2, 0.25) is 0 Å². The molecule has 3 atom stereocenters. The van der Waals surface area contributed by atoms with E-state index in [4.69, 9.17) is 0 Å². The summed E-state index contributed by atoms with van der Waals surface area (Å²) >= 11 is 0. The first-order valence-corrected chi connectivity index (χ1v) is 7.58. The van der Waals surface area contributed by atoms with Crippen LogP contribution in [-0.2, 0) is 6.42 Å². The normalized spacial score (nSPS) is 36.1. The van der Waals surface area contributed by atoms with E-state index in [2.05, 4.69) is 42.6 Å². The molecule has 1 aliphatic heterocycles. The maximum Gasteiger partial charge on any atom is 0.0167 e. The first-order chi connectivity index (χ1) is 8.81. The molecule has 3 rings (SSSR count). The summed E-state index contributed by atoms with van der Waals surface area (Å²) in [7, 11) is 0. The van der Waals surface area contributed by atoms with Crippen molar-refractivity contribution >= 4 is 0 Å². The Hall–Kier alpha value is -0.820. The molecule has 1 aromatic carbocycles. The Balaban J connectivity index is 1.78. The van der Waals surface area contributed by atoms with E-state index in [0.717, 1.165) is 5.92 Å². The summed E-state index contributed by atoms with van der Waals surface area (Å²) in [6, 6.07) is 11.7. The number of nitrogens with one attached hydrogen (secondary N) is 1. The van der Waals surface area contributed by atoms with Crippen LogP contribution in [0, 0.1) is 11.3 Å². The van der Waals surface area contributed by atoms with Gasteiger partial charge >= 0.3 is 0 Å². The summed E-state index contributed by atoms with van der Waals surface area (Å²) in [5, 5.41) is 3.80. The average molecular weight is 243 g/mol. The molecule has 2 fully saturated rings. The Bertz CT molecular complexity index is 386. The van der Waals surface area contributed by atoms with Crippen molar-refractivity contribution in [1.82, 2.24) is 5.32 Å². The highest BCUT2D eigenvalue weighted by atomic mass is 15.0. The lowest BCUT2D eigenvalue weighted by Crippen LogP contribution is -2.44. The lowest BCUT2D eigenvalue weighted by molar-refractivity contribution is 0.0895. The van der Waals surface area contributed by atoms with E-state index >= 15 is 0 Å². The van der Waals surface area contributed by atoms with E-state index in [1.165, 1.54) is 50.6 Å². The molecule has 1 saturated carbocycles. The highest BCUT2D eigenvalue weighted by Gasteiger charge is 2.47. The fourth-order valence-corrected chi connectivity index (χ4v) is 4.31. The molecular formula is C17H25N. The van der Waals surface area contributed by atoms with Gasteiger partial charge in [0.25, 0.3) is 0 Å². The van der Waals surface area contributed by atoms with Crippen LogP contribution in [0.3, 0.4) is 0 Å². The van der Waals surface area contributed by atoms with Gasteiger partial charge in [0.15, 0.2) is 0 Å². The molecule has 1 aliphatic carbocycles. The maximum absolute atomic E-state index is 3.80. The van der Waals surface area contributed by atoms with Gasteiger partial charge in [-0.1, -0.05) is 56.5 Å². The molecule has 2 aliphatic rings. The molecule has 18 heavy (non-hydrogen) atoms. The van der Waals surface area contributed by atoms with Crippen LogP contribution in [0.15, 0.2) is 30.3 Å². The third-order valence-electron chi connectivity index (χ3n) is 5.47. The van der Waals surface area contributed by atoms with Gasteiger partial charge in [0.1, 0.15) is 0 Å². The summed E-state index contributed by atoms with van der Waals surface area (Å²) < 4.78 is 0. The Morgan fingerprint density at radius 3 is 2.78 bits per heavy atom. The minimum atomic E-state index is 0.591. The summed E-state index contributed by atoms with van der Waals surface area (Å²) in [6.07, 6.45) is 8.38. The van der Waals surface area contributed by atoms with Crippen LogP contribution in [-0.4, -0.2) is 12.6 Å². The van der Waals surface area contributed by atoms with Gasteiger partial charge in [-0.3, -0.25) is 0 Å². The minimum Gasteiger partial charge on any atom is -0.313 e. The van der Waals surface area contributed by atoms with Crippen LogP contribution >= 0.6 is 0 Å². The van der Waals surface area contributed by atoms with E-state index in [-0.39, 0.29) is 0 Å². The van der Waals surface area contributed by atoms with Crippen molar-refractivity contribution in [2.45, 2.75) is 51.5 Å². The summed E-state index contributed by atoms with van der Waals surface area (Å²) in [5.41, 5.74) is 2.09. The second kappa shape index (κ2) is 5.05. The lowest BCUT2D eigenvalue weighted by atomic mass is 9.62. The predicted molar refractivity (Wildman–Crippen MR) is 76.6 cm³/mol. The molecule has 1 heteroatoms. The number of rotatable bonds is 2. The van der Waals surface area contributed by atoms with Crippen LogP contribution in [0.4, 0.5) is 0 Å². The Morgan fingerprint density at radius 1 is 1.17 bits per heavy atom. The van der Waals surface area contributed by atoms with Gasteiger partial charge < -0.3 is 5.32 Å². The zero-order chi connectivity index (χ0) is 12.4. The molecule has 0 bridgehead atoms. The minimum absolute atomic E-state index is 0.591. The van der Waals surface area contributed by atoms with Crippen molar-refractivity contribution in [2.24, 2.45) is 11.3 Å². The molecular weight excluding hydrogens is 218 g/mol. The number of benzene rings is 1. The fraction of sp³-hybridized carbons (Fsp3) is 0.647. The second-order valence-corrected chi connectivity index (χ2v) is 6.33. The van der Waals surface area contributed by atoms with E-state index in [0.29, 0.717) is 11.5 Å². The van der Waals surface area contributed by atoms with Gasteiger partial charge in [0.2, 0.25) is 0 Å². The van der Waals surface area contributed by atoms with Crippen molar-refractivity contribution in [2.75, 3.05) is 6.54 Å². The monoisotopic (exact) mass is 243 g/mol. The van der Waals surface area contributed by atoms with Crippen LogP contribution < -0.4 is 5.32 Å². The SMILES string of the molecule is CC1CCCCC12CCNC2Cc1ccccc1. The molecule has 3 unspecified atom stereocenters. The Kier molecular flexibility index (Phi) is 3.43. The predicted octanol–water partition coefficient (Wildman–Crippen LogP) is 3.79. The Morgan fingerprint density at radius 2 is 2.00 bits per heavy atom. The summed E-state index contributed by atoms with van der Waals surface area (Å²) in [5.74, 6) is 0.898. The first kappa shape index (κ1) is 12.2. The summed E-state index contributed by atoms with van der Waals surface area (Å²) in [4.78, 5) is 0. The molecule has 1 saturated heterocycles. The standard InChI is InChI=1S/C17H25N/c1-14-7-5-6-10-17(14)11-12-18-16(17)13-15-8-3-2-4-9-15/h2-4,8-9,14,16,18H,5-7,10-13H2,1H3. The fourth-order valence-electron chi connectivity index (χ4n) is 4.31. The molecule has 1 heterocycles. The van der Waals surface area contributed by atoms with Gasteiger partial charge in [-0.15, -0.1) is 0 Å². The topological polar surface area (TPSA) is 12.0 Å². The molecule has 1 nitrogen and oxygen atoms in total. The largest absolute Gasteiger partial charge is 0.313 e. The van der Waals surface area contributed by atoms with E-state index in [1.807, 2.05) is 0 Å². The van der Waals surface area contributed by atoms with Crippen LogP contribution in [0.5, 0.6) is 0 Å². The molecule has 0 aromatic heterocycles. The zero-order valence-electron chi connectivity index (χ0n) is 11.5. The third kappa shape index (κ3) is 2.09. The molecule has 98 valence electrons. The number of hydrogen-bond donors (Lipinski definition) is 1. The molecule has 1 spiro atoms. The maximum atomic E-state index is 3.80. The van der Waals surface area contributed by atoms with Crippen molar-refractivity contribution in [1.29, 1.82) is 0 Å². The summed E-state index contributed by atoms with van der Waals surface area (Å²) in [6.45, 7) is 3.71. The smallest absolute Gasteiger partial charge is 0.0167 e. The van der Waals surface area contributed by atoms with Crippen LogP contribution in [0.1, 0.15) is 44.6 Å². The molecule has 0 amide bonds. The molecule has 0 radical (unpaired) electrons.